The molecule has 1 aromatic heterocycles. The second-order valence-corrected chi connectivity index (χ2v) is 9.11. The van der Waals surface area contributed by atoms with Crippen LogP contribution in [0, 0.1) is 36.5 Å². The Morgan fingerprint density at radius 3 is 2.21 bits per heavy atom. The number of pyridine rings is 1. The summed E-state index contributed by atoms with van der Waals surface area (Å²) >= 11 is 0. The van der Waals surface area contributed by atoms with Gasteiger partial charge in [-0.3, -0.25) is 24.3 Å². The van der Waals surface area contributed by atoms with E-state index in [1.807, 2.05) is 19.1 Å². The number of aryl methyl sites for hydroxylation is 1. The zero-order chi connectivity index (χ0) is 19.4. The van der Waals surface area contributed by atoms with Gasteiger partial charge in [-0.05, 0) is 75.8 Å². The minimum absolute atomic E-state index is 0.0121. The van der Waals surface area contributed by atoms with Crippen LogP contribution in [0.3, 0.4) is 0 Å². The van der Waals surface area contributed by atoms with Crippen molar-refractivity contribution in [3.05, 3.63) is 24.0 Å². The lowest BCUT2D eigenvalue weighted by atomic mass is 9.81. The maximum atomic E-state index is 13.0. The molecule has 5 rings (SSSR count). The van der Waals surface area contributed by atoms with E-state index < -0.39 is 0 Å². The molecule has 1 aromatic rings. The predicted molar refractivity (Wildman–Crippen MR) is 103 cm³/mol. The van der Waals surface area contributed by atoms with Crippen LogP contribution in [0.1, 0.15) is 50.6 Å². The molecular formula is C22H27N3O3. The van der Waals surface area contributed by atoms with E-state index in [1.165, 1.54) is 0 Å². The molecule has 0 spiro atoms. The van der Waals surface area contributed by atoms with Crippen molar-refractivity contribution in [1.29, 1.82) is 0 Å². The van der Waals surface area contributed by atoms with E-state index >= 15 is 0 Å². The molecule has 148 valence electrons. The summed E-state index contributed by atoms with van der Waals surface area (Å²) in [5.74, 6) is 0.895. The van der Waals surface area contributed by atoms with E-state index in [-0.39, 0.29) is 41.5 Å². The number of amides is 3. The number of aromatic nitrogens is 1. The monoisotopic (exact) mass is 381 g/mol. The van der Waals surface area contributed by atoms with Crippen LogP contribution in [0.5, 0.6) is 0 Å². The standard InChI is InChI=1S/C22H27N3O3/c1-12-2-7-16(11-23-12)24-20(26)13-5-8-17(9-6-13)25-21(27)18-14-3-4-15(10-14)19(18)22(25)28/h2,7,11,13-15,17-19H,3-6,8-10H2,1H3,(H,24,26)/t13?,14-,15+,17?,18-,19+. The number of imide groups is 1. The Hall–Kier alpha value is -2.24. The van der Waals surface area contributed by atoms with Gasteiger partial charge in [0.15, 0.2) is 0 Å². The van der Waals surface area contributed by atoms with Gasteiger partial charge in [-0.1, -0.05) is 0 Å². The number of fused-ring (bicyclic) bond motifs is 5. The molecule has 4 aliphatic rings. The minimum Gasteiger partial charge on any atom is -0.324 e. The number of hydrogen-bond acceptors (Lipinski definition) is 4. The van der Waals surface area contributed by atoms with Crippen LogP contribution in [0.15, 0.2) is 18.3 Å². The third-order valence-corrected chi connectivity index (χ3v) is 7.57. The molecule has 6 nitrogen and oxygen atoms in total. The van der Waals surface area contributed by atoms with Crippen molar-refractivity contribution in [3.63, 3.8) is 0 Å². The number of rotatable bonds is 3. The van der Waals surface area contributed by atoms with Gasteiger partial charge in [0.05, 0.1) is 23.7 Å². The van der Waals surface area contributed by atoms with Crippen molar-refractivity contribution in [1.82, 2.24) is 9.88 Å². The molecule has 1 aliphatic heterocycles. The van der Waals surface area contributed by atoms with Crippen molar-refractivity contribution in [2.45, 2.75) is 57.9 Å². The van der Waals surface area contributed by atoms with Crippen molar-refractivity contribution < 1.29 is 14.4 Å². The van der Waals surface area contributed by atoms with Gasteiger partial charge in [-0.15, -0.1) is 0 Å². The molecule has 2 bridgehead atoms. The zero-order valence-corrected chi connectivity index (χ0v) is 16.3. The summed E-state index contributed by atoms with van der Waals surface area (Å²) in [6.07, 6.45) is 7.87. The molecule has 1 saturated heterocycles. The lowest BCUT2D eigenvalue weighted by molar-refractivity contribution is -0.144. The van der Waals surface area contributed by atoms with Crippen LogP contribution < -0.4 is 5.32 Å². The lowest BCUT2D eigenvalue weighted by Gasteiger charge is -2.33. The van der Waals surface area contributed by atoms with Gasteiger partial charge in [0.25, 0.3) is 0 Å². The number of hydrogen-bond donors (Lipinski definition) is 1. The highest BCUT2D eigenvalue weighted by atomic mass is 16.2. The minimum atomic E-state index is -0.0685. The Kier molecular flexibility index (Phi) is 4.25. The van der Waals surface area contributed by atoms with Crippen molar-refractivity contribution in [3.8, 4) is 0 Å². The summed E-state index contributed by atoms with van der Waals surface area (Å²) in [6.45, 7) is 1.91. The number of likely N-dealkylation sites (tertiary alicyclic amines) is 1. The van der Waals surface area contributed by atoms with Crippen LogP contribution in [-0.2, 0) is 14.4 Å². The van der Waals surface area contributed by atoms with Gasteiger partial charge >= 0.3 is 0 Å². The van der Waals surface area contributed by atoms with E-state index in [1.54, 1.807) is 11.1 Å². The fraction of sp³-hybridized carbons (Fsp3) is 0.636. The molecule has 0 aromatic carbocycles. The average molecular weight is 381 g/mol. The topological polar surface area (TPSA) is 79.4 Å². The first kappa shape index (κ1) is 17.8. The molecule has 3 saturated carbocycles. The average Bonchev–Trinajstić information content (AvgIpc) is 3.38. The molecule has 6 heteroatoms. The highest BCUT2D eigenvalue weighted by molar-refractivity contribution is 6.06. The van der Waals surface area contributed by atoms with Crippen molar-refractivity contribution >= 4 is 23.4 Å². The fourth-order valence-electron chi connectivity index (χ4n) is 6.17. The second-order valence-electron chi connectivity index (χ2n) is 9.11. The van der Waals surface area contributed by atoms with Gasteiger partial charge in [-0.2, -0.15) is 0 Å². The maximum absolute atomic E-state index is 13.0. The normalized spacial score (nSPS) is 36.7. The summed E-state index contributed by atoms with van der Waals surface area (Å²) in [4.78, 5) is 44.4. The molecule has 4 fully saturated rings. The highest BCUT2D eigenvalue weighted by Gasteiger charge is 2.61. The van der Waals surface area contributed by atoms with E-state index in [0.717, 1.165) is 50.6 Å². The number of carbonyl (C=O) groups is 3. The predicted octanol–water partition coefficient (Wildman–Crippen LogP) is 2.92. The Balaban J connectivity index is 1.20. The molecule has 4 atom stereocenters. The third kappa shape index (κ3) is 2.76. The molecular weight excluding hydrogens is 354 g/mol. The molecule has 3 aliphatic carbocycles. The van der Waals surface area contributed by atoms with Crippen molar-refractivity contribution in [2.24, 2.45) is 29.6 Å². The summed E-state index contributed by atoms with van der Waals surface area (Å²) in [5, 5.41) is 2.94. The number of nitrogens with one attached hydrogen (secondary N) is 1. The molecule has 2 heterocycles. The number of carbonyl (C=O) groups excluding carboxylic acids is 3. The SMILES string of the molecule is Cc1ccc(NC(=O)C2CCC(N3C(=O)[C@@H]4[C@@H]5CC[C@@H](C5)[C@@H]4C3=O)CC2)cn1. The zero-order valence-electron chi connectivity index (χ0n) is 16.3. The molecule has 0 unspecified atom stereocenters. The van der Waals surface area contributed by atoms with E-state index in [9.17, 15) is 14.4 Å². The molecule has 28 heavy (non-hydrogen) atoms. The van der Waals surface area contributed by atoms with Gasteiger partial charge in [-0.25, -0.2) is 0 Å². The fourth-order valence-corrected chi connectivity index (χ4v) is 6.17. The Labute approximate surface area is 165 Å². The van der Waals surface area contributed by atoms with Crippen LogP contribution in [0.4, 0.5) is 5.69 Å². The molecule has 1 N–H and O–H groups in total. The van der Waals surface area contributed by atoms with Crippen molar-refractivity contribution in [2.75, 3.05) is 5.32 Å². The van der Waals surface area contributed by atoms with Gasteiger partial charge in [0, 0.05) is 17.7 Å². The molecule has 0 radical (unpaired) electrons. The van der Waals surface area contributed by atoms with E-state index in [2.05, 4.69) is 10.3 Å². The largest absolute Gasteiger partial charge is 0.324 e. The first-order chi connectivity index (χ1) is 13.5. The summed E-state index contributed by atoms with van der Waals surface area (Å²) < 4.78 is 0. The van der Waals surface area contributed by atoms with Crippen LogP contribution in [-0.4, -0.2) is 33.6 Å². The lowest BCUT2D eigenvalue weighted by Crippen LogP contribution is -2.44. The van der Waals surface area contributed by atoms with Crippen LogP contribution in [0.25, 0.3) is 0 Å². The van der Waals surface area contributed by atoms with Gasteiger partial charge < -0.3 is 5.32 Å². The third-order valence-electron chi connectivity index (χ3n) is 7.57. The second kappa shape index (κ2) is 6.68. The summed E-state index contributed by atoms with van der Waals surface area (Å²) in [7, 11) is 0. The number of nitrogens with zero attached hydrogens (tertiary/aromatic N) is 2. The van der Waals surface area contributed by atoms with Crippen LogP contribution >= 0.6 is 0 Å². The maximum Gasteiger partial charge on any atom is 0.233 e. The molecule has 3 amide bonds. The van der Waals surface area contributed by atoms with Gasteiger partial charge in [0.1, 0.15) is 0 Å². The summed E-state index contributed by atoms with van der Waals surface area (Å²) in [5.41, 5.74) is 1.63. The van der Waals surface area contributed by atoms with Crippen LogP contribution in [0.2, 0.25) is 0 Å². The van der Waals surface area contributed by atoms with Gasteiger partial charge in [0.2, 0.25) is 17.7 Å². The van der Waals surface area contributed by atoms with E-state index in [0.29, 0.717) is 17.5 Å². The van der Waals surface area contributed by atoms with E-state index in [4.69, 9.17) is 0 Å². The Bertz CT molecular complexity index is 785. The first-order valence-corrected chi connectivity index (χ1v) is 10.6. The number of anilines is 1. The summed E-state index contributed by atoms with van der Waals surface area (Å²) in [6, 6.07) is 3.72. The first-order valence-electron chi connectivity index (χ1n) is 10.6. The smallest absolute Gasteiger partial charge is 0.233 e. The Morgan fingerprint density at radius 2 is 1.64 bits per heavy atom. The Morgan fingerprint density at radius 1 is 1.00 bits per heavy atom. The quantitative estimate of drug-likeness (QED) is 0.817. The highest BCUT2D eigenvalue weighted by Crippen LogP contribution is 2.56.